The minimum Gasteiger partial charge on any atom is -0.469 e. The minimum absolute atomic E-state index is 0.270. The van der Waals surface area contributed by atoms with Crippen LogP contribution in [0.25, 0.3) is 11.3 Å². The summed E-state index contributed by atoms with van der Waals surface area (Å²) in [6, 6.07) is 6.28. The number of aryl methyl sites for hydroxylation is 2. The number of hydrogen-bond acceptors (Lipinski definition) is 3. The van der Waals surface area contributed by atoms with E-state index in [1.165, 1.54) is 19.2 Å². The average molecular weight is 262 g/mol. The summed E-state index contributed by atoms with van der Waals surface area (Å²) in [6.45, 7) is 1.87. The first-order valence-corrected chi connectivity index (χ1v) is 5.98. The van der Waals surface area contributed by atoms with Gasteiger partial charge in [-0.1, -0.05) is 12.1 Å². The van der Waals surface area contributed by atoms with Gasteiger partial charge in [-0.3, -0.25) is 4.79 Å². The zero-order chi connectivity index (χ0) is 13.8. The van der Waals surface area contributed by atoms with Gasteiger partial charge in [0.25, 0.3) is 0 Å². The van der Waals surface area contributed by atoms with Crippen LogP contribution in [-0.2, 0) is 16.0 Å². The van der Waals surface area contributed by atoms with Crippen molar-refractivity contribution in [1.82, 2.24) is 9.97 Å². The number of nitrogens with zero attached hydrogens (tertiary/aromatic N) is 1. The maximum Gasteiger partial charge on any atom is 0.305 e. The second-order valence-corrected chi connectivity index (χ2v) is 4.24. The standard InChI is InChI=1S/C14H15FN2O2/c1-9-14(10-4-3-5-11(15)8-10)17-12(16-9)6-7-13(18)19-2/h3-5,8H,6-7H2,1-2H3,(H,16,17). The number of aromatic nitrogens is 2. The van der Waals surface area contributed by atoms with E-state index in [9.17, 15) is 9.18 Å². The van der Waals surface area contributed by atoms with Gasteiger partial charge in [-0.25, -0.2) is 9.37 Å². The van der Waals surface area contributed by atoms with Crippen molar-refractivity contribution >= 4 is 5.97 Å². The molecule has 1 aromatic heterocycles. The van der Waals surface area contributed by atoms with Crippen LogP contribution in [0.3, 0.4) is 0 Å². The van der Waals surface area contributed by atoms with E-state index in [2.05, 4.69) is 14.7 Å². The first kappa shape index (κ1) is 13.3. The number of ether oxygens (including phenoxy) is 1. The van der Waals surface area contributed by atoms with Crippen LogP contribution in [-0.4, -0.2) is 23.0 Å². The first-order valence-electron chi connectivity index (χ1n) is 5.98. The number of methoxy groups -OCH3 is 1. The number of esters is 1. The summed E-state index contributed by atoms with van der Waals surface area (Å²) >= 11 is 0. The zero-order valence-corrected chi connectivity index (χ0v) is 10.9. The Kier molecular flexibility index (Phi) is 3.94. The fraction of sp³-hybridized carbons (Fsp3) is 0.286. The van der Waals surface area contributed by atoms with Crippen molar-refractivity contribution in [2.75, 3.05) is 7.11 Å². The van der Waals surface area contributed by atoms with Gasteiger partial charge < -0.3 is 9.72 Å². The lowest BCUT2D eigenvalue weighted by atomic mass is 10.1. The minimum atomic E-state index is -0.295. The molecule has 2 rings (SSSR count). The highest BCUT2D eigenvalue weighted by Crippen LogP contribution is 2.22. The molecule has 0 amide bonds. The van der Waals surface area contributed by atoms with Crippen LogP contribution in [0.15, 0.2) is 24.3 Å². The van der Waals surface area contributed by atoms with Crippen molar-refractivity contribution in [3.8, 4) is 11.3 Å². The average Bonchev–Trinajstić information content (AvgIpc) is 2.77. The van der Waals surface area contributed by atoms with Gasteiger partial charge in [-0.15, -0.1) is 0 Å². The summed E-state index contributed by atoms with van der Waals surface area (Å²) in [4.78, 5) is 18.6. The van der Waals surface area contributed by atoms with E-state index in [1.807, 2.05) is 6.92 Å². The Morgan fingerprint density at radius 3 is 2.95 bits per heavy atom. The third kappa shape index (κ3) is 3.19. The summed E-state index contributed by atoms with van der Waals surface area (Å²) in [6.07, 6.45) is 0.745. The molecule has 0 aliphatic heterocycles. The lowest BCUT2D eigenvalue weighted by Gasteiger charge is -1.98. The molecule has 1 aromatic carbocycles. The normalized spacial score (nSPS) is 10.5. The molecular weight excluding hydrogens is 247 g/mol. The number of carbonyl (C=O) groups is 1. The van der Waals surface area contributed by atoms with Crippen LogP contribution < -0.4 is 0 Å². The van der Waals surface area contributed by atoms with E-state index >= 15 is 0 Å². The lowest BCUT2D eigenvalue weighted by Crippen LogP contribution is -2.02. The van der Waals surface area contributed by atoms with Gasteiger partial charge in [0.1, 0.15) is 11.6 Å². The Balaban J connectivity index is 2.19. The summed E-state index contributed by atoms with van der Waals surface area (Å²) in [5, 5.41) is 0. The Bertz CT molecular complexity index is 593. The smallest absolute Gasteiger partial charge is 0.305 e. The number of halogens is 1. The fourth-order valence-corrected chi connectivity index (χ4v) is 1.88. The van der Waals surface area contributed by atoms with Crippen molar-refractivity contribution in [3.63, 3.8) is 0 Å². The number of imidazole rings is 1. The first-order chi connectivity index (χ1) is 9.10. The molecule has 0 saturated carbocycles. The Labute approximate surface area is 110 Å². The molecule has 0 bridgehead atoms. The lowest BCUT2D eigenvalue weighted by molar-refractivity contribution is -0.140. The number of H-pyrrole nitrogens is 1. The molecule has 0 saturated heterocycles. The van der Waals surface area contributed by atoms with E-state index in [0.717, 1.165) is 11.3 Å². The molecule has 100 valence electrons. The molecule has 2 aromatic rings. The van der Waals surface area contributed by atoms with Gasteiger partial charge in [0.2, 0.25) is 0 Å². The molecule has 0 aliphatic rings. The predicted octanol–water partition coefficient (Wildman–Crippen LogP) is 2.63. The van der Waals surface area contributed by atoms with E-state index in [1.54, 1.807) is 12.1 Å². The Hall–Kier alpha value is -2.17. The number of benzene rings is 1. The van der Waals surface area contributed by atoms with Crippen molar-refractivity contribution in [2.45, 2.75) is 19.8 Å². The third-order valence-electron chi connectivity index (χ3n) is 2.83. The van der Waals surface area contributed by atoms with E-state index < -0.39 is 0 Å². The summed E-state index contributed by atoms with van der Waals surface area (Å²) in [5.41, 5.74) is 2.28. The largest absolute Gasteiger partial charge is 0.469 e. The van der Waals surface area contributed by atoms with Gasteiger partial charge in [0, 0.05) is 17.7 Å². The highest BCUT2D eigenvalue weighted by molar-refractivity contribution is 5.69. The molecule has 0 fully saturated rings. The summed E-state index contributed by atoms with van der Waals surface area (Å²) in [5.74, 6) is 0.125. The highest BCUT2D eigenvalue weighted by Gasteiger charge is 2.11. The zero-order valence-electron chi connectivity index (χ0n) is 10.9. The molecule has 0 radical (unpaired) electrons. The molecule has 0 atom stereocenters. The quantitative estimate of drug-likeness (QED) is 0.862. The van der Waals surface area contributed by atoms with E-state index in [0.29, 0.717) is 17.9 Å². The van der Waals surface area contributed by atoms with Crippen LogP contribution in [0.4, 0.5) is 4.39 Å². The van der Waals surface area contributed by atoms with Crippen LogP contribution in [0.5, 0.6) is 0 Å². The molecule has 19 heavy (non-hydrogen) atoms. The maximum absolute atomic E-state index is 13.2. The van der Waals surface area contributed by atoms with Crippen LogP contribution in [0.2, 0.25) is 0 Å². The van der Waals surface area contributed by atoms with Gasteiger partial charge in [-0.05, 0) is 19.1 Å². The van der Waals surface area contributed by atoms with Gasteiger partial charge in [0.05, 0.1) is 19.2 Å². The summed E-state index contributed by atoms with van der Waals surface area (Å²) < 4.78 is 17.8. The topological polar surface area (TPSA) is 55.0 Å². The molecule has 1 heterocycles. The fourth-order valence-electron chi connectivity index (χ4n) is 1.88. The number of carbonyl (C=O) groups excluding carboxylic acids is 1. The molecule has 0 unspecified atom stereocenters. The highest BCUT2D eigenvalue weighted by atomic mass is 19.1. The molecule has 0 aliphatic carbocycles. The van der Waals surface area contributed by atoms with Gasteiger partial charge in [0.15, 0.2) is 0 Å². The number of rotatable bonds is 4. The van der Waals surface area contributed by atoms with Crippen LogP contribution >= 0.6 is 0 Å². The molecular formula is C14H15FN2O2. The van der Waals surface area contributed by atoms with Crippen LogP contribution in [0.1, 0.15) is 17.9 Å². The third-order valence-corrected chi connectivity index (χ3v) is 2.83. The number of hydrogen-bond donors (Lipinski definition) is 1. The maximum atomic E-state index is 13.2. The predicted molar refractivity (Wildman–Crippen MR) is 69.1 cm³/mol. The SMILES string of the molecule is COC(=O)CCc1nc(-c2cccc(F)c2)c(C)[nH]1. The molecule has 1 N–H and O–H groups in total. The molecule has 4 nitrogen and oxygen atoms in total. The summed E-state index contributed by atoms with van der Waals surface area (Å²) in [7, 11) is 1.36. The Morgan fingerprint density at radius 2 is 2.26 bits per heavy atom. The van der Waals surface area contributed by atoms with Crippen LogP contribution in [0, 0.1) is 12.7 Å². The Morgan fingerprint density at radius 1 is 1.47 bits per heavy atom. The van der Waals surface area contributed by atoms with Crippen molar-refractivity contribution in [1.29, 1.82) is 0 Å². The molecule has 0 spiro atoms. The number of aromatic amines is 1. The number of nitrogens with one attached hydrogen (secondary N) is 1. The van der Waals surface area contributed by atoms with Crippen molar-refractivity contribution in [3.05, 3.63) is 41.6 Å². The van der Waals surface area contributed by atoms with Gasteiger partial charge >= 0.3 is 5.97 Å². The van der Waals surface area contributed by atoms with Gasteiger partial charge in [-0.2, -0.15) is 0 Å². The van der Waals surface area contributed by atoms with Crippen molar-refractivity contribution < 1.29 is 13.9 Å². The second kappa shape index (κ2) is 5.65. The van der Waals surface area contributed by atoms with E-state index in [-0.39, 0.29) is 18.2 Å². The second-order valence-electron chi connectivity index (χ2n) is 4.24. The van der Waals surface area contributed by atoms with E-state index in [4.69, 9.17) is 0 Å². The molecule has 5 heteroatoms. The van der Waals surface area contributed by atoms with Crippen molar-refractivity contribution in [2.24, 2.45) is 0 Å². The monoisotopic (exact) mass is 262 g/mol.